The Morgan fingerprint density at radius 2 is 2.11 bits per heavy atom. The van der Waals surface area contributed by atoms with Gasteiger partial charge in [0.25, 0.3) is 5.91 Å². The highest BCUT2D eigenvalue weighted by Crippen LogP contribution is 2.14. The zero-order valence-electron chi connectivity index (χ0n) is 10.4. The Hall–Kier alpha value is -1.76. The van der Waals surface area contributed by atoms with Crippen molar-refractivity contribution in [3.8, 4) is 0 Å². The fourth-order valence-electron chi connectivity index (χ4n) is 1.34. The molecule has 0 heterocycles. The molecule has 0 aliphatic rings. The number of rotatable bonds is 5. The summed E-state index contributed by atoms with van der Waals surface area (Å²) < 4.78 is 39.7. The van der Waals surface area contributed by atoms with Crippen LogP contribution in [-0.2, 0) is 4.74 Å². The lowest BCUT2D eigenvalue weighted by atomic mass is 10.1. The summed E-state index contributed by atoms with van der Waals surface area (Å²) in [6.07, 6.45) is -4.35. The van der Waals surface area contributed by atoms with Crippen LogP contribution in [0.1, 0.15) is 15.9 Å². The Labute approximate surface area is 108 Å². The van der Waals surface area contributed by atoms with Crippen molar-refractivity contribution in [2.75, 3.05) is 25.5 Å². The van der Waals surface area contributed by atoms with E-state index < -0.39 is 12.8 Å². The smallest absolute Gasteiger partial charge is 0.399 e. The molecule has 0 atom stereocenters. The van der Waals surface area contributed by atoms with Crippen LogP contribution in [0.4, 0.5) is 18.9 Å². The van der Waals surface area contributed by atoms with E-state index in [-0.39, 0.29) is 19.1 Å². The van der Waals surface area contributed by atoms with Crippen LogP contribution in [0.25, 0.3) is 0 Å². The first-order chi connectivity index (χ1) is 8.79. The molecule has 19 heavy (non-hydrogen) atoms. The molecule has 0 saturated carbocycles. The van der Waals surface area contributed by atoms with Crippen LogP contribution in [0.5, 0.6) is 0 Å². The SMILES string of the molecule is Cc1cc(C(=O)NCCOCC(F)(F)F)ccc1N. The highest BCUT2D eigenvalue weighted by Gasteiger charge is 2.27. The minimum absolute atomic E-state index is 0.0122. The lowest BCUT2D eigenvalue weighted by Gasteiger charge is -2.09. The van der Waals surface area contributed by atoms with Crippen LogP contribution in [-0.4, -0.2) is 31.8 Å². The van der Waals surface area contributed by atoms with E-state index in [1.54, 1.807) is 25.1 Å². The van der Waals surface area contributed by atoms with Gasteiger partial charge in [0.05, 0.1) is 6.61 Å². The maximum absolute atomic E-state index is 11.8. The second kappa shape index (κ2) is 6.42. The average molecular weight is 276 g/mol. The number of halogens is 3. The van der Waals surface area contributed by atoms with E-state index in [1.165, 1.54) is 0 Å². The number of amides is 1. The van der Waals surface area contributed by atoms with Crippen molar-refractivity contribution in [1.29, 1.82) is 0 Å². The van der Waals surface area contributed by atoms with Crippen molar-refractivity contribution in [1.82, 2.24) is 5.32 Å². The predicted octanol–water partition coefficient (Wildman–Crippen LogP) is 1.89. The zero-order valence-corrected chi connectivity index (χ0v) is 10.4. The quantitative estimate of drug-likeness (QED) is 0.637. The predicted molar refractivity (Wildman–Crippen MR) is 64.8 cm³/mol. The van der Waals surface area contributed by atoms with Gasteiger partial charge >= 0.3 is 6.18 Å². The molecule has 0 aromatic heterocycles. The summed E-state index contributed by atoms with van der Waals surface area (Å²) in [6, 6.07) is 4.76. The largest absolute Gasteiger partial charge is 0.411 e. The number of anilines is 1. The standard InChI is InChI=1S/C12H15F3N2O2/c1-8-6-9(2-3-10(8)16)11(18)17-4-5-19-7-12(13,14)15/h2-3,6H,4-5,7,16H2,1H3,(H,17,18). The molecule has 1 aromatic rings. The van der Waals surface area contributed by atoms with Crippen LogP contribution in [0, 0.1) is 6.92 Å². The minimum atomic E-state index is -4.35. The molecule has 7 heteroatoms. The molecular formula is C12H15F3N2O2. The van der Waals surface area contributed by atoms with Crippen LogP contribution in [0.15, 0.2) is 18.2 Å². The third-order valence-electron chi connectivity index (χ3n) is 2.33. The van der Waals surface area contributed by atoms with Gasteiger partial charge in [0, 0.05) is 17.8 Å². The van der Waals surface area contributed by atoms with Crippen molar-refractivity contribution in [3.05, 3.63) is 29.3 Å². The van der Waals surface area contributed by atoms with Crippen molar-refractivity contribution in [3.63, 3.8) is 0 Å². The van der Waals surface area contributed by atoms with Crippen LogP contribution >= 0.6 is 0 Å². The van der Waals surface area contributed by atoms with Crippen LogP contribution in [0.2, 0.25) is 0 Å². The number of benzene rings is 1. The summed E-state index contributed by atoms with van der Waals surface area (Å²) in [6.45, 7) is 0.264. The maximum atomic E-state index is 11.8. The number of hydrogen-bond donors (Lipinski definition) is 2. The summed E-state index contributed by atoms with van der Waals surface area (Å²) >= 11 is 0. The molecule has 0 radical (unpaired) electrons. The molecule has 1 rings (SSSR count). The number of hydrogen-bond acceptors (Lipinski definition) is 3. The summed E-state index contributed by atoms with van der Waals surface area (Å²) in [5, 5.41) is 2.46. The number of nitrogens with two attached hydrogens (primary N) is 1. The fourth-order valence-corrected chi connectivity index (χ4v) is 1.34. The molecule has 0 bridgehead atoms. The van der Waals surface area contributed by atoms with Gasteiger partial charge < -0.3 is 15.8 Å². The number of alkyl halides is 3. The third-order valence-corrected chi connectivity index (χ3v) is 2.33. The van der Waals surface area contributed by atoms with Crippen LogP contribution < -0.4 is 11.1 Å². The van der Waals surface area contributed by atoms with E-state index in [0.717, 1.165) is 5.56 Å². The van der Waals surface area contributed by atoms with Gasteiger partial charge in [0.2, 0.25) is 0 Å². The maximum Gasteiger partial charge on any atom is 0.411 e. The van der Waals surface area contributed by atoms with Crippen molar-refractivity contribution < 1.29 is 22.7 Å². The first-order valence-electron chi connectivity index (χ1n) is 5.58. The zero-order chi connectivity index (χ0) is 14.5. The van der Waals surface area contributed by atoms with E-state index in [9.17, 15) is 18.0 Å². The first-order valence-corrected chi connectivity index (χ1v) is 5.58. The highest BCUT2D eigenvalue weighted by molar-refractivity contribution is 5.94. The molecule has 0 aliphatic heterocycles. The van der Waals surface area contributed by atoms with Gasteiger partial charge in [-0.1, -0.05) is 0 Å². The molecule has 4 nitrogen and oxygen atoms in total. The highest BCUT2D eigenvalue weighted by atomic mass is 19.4. The van der Waals surface area contributed by atoms with Gasteiger partial charge in [-0.15, -0.1) is 0 Å². The minimum Gasteiger partial charge on any atom is -0.399 e. The second-order valence-corrected chi connectivity index (χ2v) is 4.00. The summed E-state index contributed by atoms with van der Waals surface area (Å²) in [4.78, 5) is 11.6. The first kappa shape index (κ1) is 15.3. The summed E-state index contributed by atoms with van der Waals surface area (Å²) in [5.74, 6) is -0.376. The van der Waals surface area contributed by atoms with Gasteiger partial charge in [-0.05, 0) is 30.7 Å². The van der Waals surface area contributed by atoms with Gasteiger partial charge in [0.1, 0.15) is 6.61 Å². The topological polar surface area (TPSA) is 64.3 Å². The van der Waals surface area contributed by atoms with E-state index in [2.05, 4.69) is 10.1 Å². The van der Waals surface area contributed by atoms with Gasteiger partial charge in [-0.25, -0.2) is 0 Å². The number of aryl methyl sites for hydroxylation is 1. The Morgan fingerprint density at radius 3 is 2.68 bits per heavy atom. The monoisotopic (exact) mass is 276 g/mol. The van der Waals surface area contributed by atoms with E-state index in [4.69, 9.17) is 5.73 Å². The van der Waals surface area contributed by atoms with E-state index in [1.807, 2.05) is 0 Å². The molecule has 0 aliphatic carbocycles. The van der Waals surface area contributed by atoms with E-state index in [0.29, 0.717) is 11.3 Å². The Bertz CT molecular complexity index is 447. The Kier molecular flexibility index (Phi) is 5.17. The third kappa shape index (κ3) is 5.60. The fraction of sp³-hybridized carbons (Fsp3) is 0.417. The number of carbonyl (C=O) groups is 1. The summed E-state index contributed by atoms with van der Waals surface area (Å²) in [7, 11) is 0. The number of nitrogen functional groups attached to an aromatic ring is 1. The number of carbonyl (C=O) groups excluding carboxylic acids is 1. The molecule has 0 fully saturated rings. The van der Waals surface area contributed by atoms with E-state index >= 15 is 0 Å². The average Bonchev–Trinajstić information content (AvgIpc) is 2.30. The molecular weight excluding hydrogens is 261 g/mol. The Morgan fingerprint density at radius 1 is 1.42 bits per heavy atom. The Balaban J connectivity index is 2.33. The number of ether oxygens (including phenoxy) is 1. The molecule has 0 unspecified atom stereocenters. The molecule has 0 saturated heterocycles. The molecule has 1 aromatic carbocycles. The number of nitrogens with one attached hydrogen (secondary N) is 1. The molecule has 0 spiro atoms. The van der Waals surface area contributed by atoms with Crippen molar-refractivity contribution in [2.24, 2.45) is 0 Å². The van der Waals surface area contributed by atoms with Gasteiger partial charge in [-0.3, -0.25) is 4.79 Å². The normalized spacial score (nSPS) is 11.4. The second-order valence-electron chi connectivity index (χ2n) is 4.00. The lowest BCUT2D eigenvalue weighted by Crippen LogP contribution is -2.28. The molecule has 3 N–H and O–H groups in total. The molecule has 106 valence electrons. The van der Waals surface area contributed by atoms with Gasteiger partial charge in [-0.2, -0.15) is 13.2 Å². The van der Waals surface area contributed by atoms with Crippen molar-refractivity contribution >= 4 is 11.6 Å². The van der Waals surface area contributed by atoms with Crippen molar-refractivity contribution in [2.45, 2.75) is 13.1 Å². The summed E-state index contributed by atoms with van der Waals surface area (Å²) in [5.41, 5.74) is 7.36. The lowest BCUT2D eigenvalue weighted by molar-refractivity contribution is -0.173. The molecule has 1 amide bonds. The van der Waals surface area contributed by atoms with Crippen LogP contribution in [0.3, 0.4) is 0 Å². The van der Waals surface area contributed by atoms with Gasteiger partial charge in [0.15, 0.2) is 0 Å².